The van der Waals surface area contributed by atoms with E-state index in [1.807, 2.05) is 37.2 Å². The van der Waals surface area contributed by atoms with Gasteiger partial charge in [-0.15, -0.1) is 0 Å². The smallest absolute Gasteiger partial charge is 0.0793 e. The Hall–Kier alpha value is -1.41. The molecule has 0 saturated heterocycles. The second kappa shape index (κ2) is 8.65. The summed E-state index contributed by atoms with van der Waals surface area (Å²) in [6.07, 6.45) is 0.112. The van der Waals surface area contributed by atoms with Crippen LogP contribution in [0.25, 0.3) is 0 Å². The number of aliphatic hydroxyl groups is 1. The third-order valence-corrected chi connectivity index (χ3v) is 2.95. The zero-order valence-corrected chi connectivity index (χ0v) is 11.8. The molecule has 1 aromatic rings. The molecule has 0 fully saturated rings. The van der Waals surface area contributed by atoms with Gasteiger partial charge < -0.3 is 10.0 Å². The van der Waals surface area contributed by atoms with Crippen molar-refractivity contribution in [3.05, 3.63) is 35.9 Å². The molecule has 0 aliphatic rings. The summed E-state index contributed by atoms with van der Waals surface area (Å²) in [5.74, 6) is 0. The molecule has 0 aromatic heterocycles. The van der Waals surface area contributed by atoms with Crippen molar-refractivity contribution in [3.8, 4) is 6.07 Å². The Labute approximate surface area is 115 Å². The van der Waals surface area contributed by atoms with Gasteiger partial charge >= 0.3 is 0 Å². The van der Waals surface area contributed by atoms with Crippen LogP contribution in [0, 0.1) is 11.3 Å². The van der Waals surface area contributed by atoms with E-state index in [1.165, 1.54) is 5.56 Å². The van der Waals surface area contributed by atoms with Gasteiger partial charge in [0.05, 0.1) is 12.2 Å². The van der Waals surface area contributed by atoms with Gasteiger partial charge in [0.1, 0.15) is 0 Å². The quantitative estimate of drug-likeness (QED) is 0.767. The fourth-order valence-electron chi connectivity index (χ4n) is 2.07. The minimum absolute atomic E-state index is 0.391. The van der Waals surface area contributed by atoms with Gasteiger partial charge in [-0.3, -0.25) is 4.90 Å². The molecular weight excluding hydrogens is 238 g/mol. The third-order valence-electron chi connectivity index (χ3n) is 2.95. The fraction of sp³-hybridized carbons (Fsp3) is 0.533. The third kappa shape index (κ3) is 6.92. The molecule has 0 radical (unpaired) electrons. The number of aliphatic hydroxyl groups excluding tert-OH is 1. The van der Waals surface area contributed by atoms with Gasteiger partial charge in [0.15, 0.2) is 0 Å². The van der Waals surface area contributed by atoms with E-state index in [9.17, 15) is 5.11 Å². The van der Waals surface area contributed by atoms with Gasteiger partial charge in [0.25, 0.3) is 0 Å². The molecule has 4 nitrogen and oxygen atoms in total. The second-order valence-electron chi connectivity index (χ2n) is 5.01. The lowest BCUT2D eigenvalue weighted by molar-refractivity contribution is 0.0896. The summed E-state index contributed by atoms with van der Waals surface area (Å²) in [4.78, 5) is 4.10. The van der Waals surface area contributed by atoms with E-state index < -0.39 is 6.10 Å². The van der Waals surface area contributed by atoms with Crippen molar-refractivity contribution >= 4 is 0 Å². The van der Waals surface area contributed by atoms with Crippen LogP contribution in [0.2, 0.25) is 0 Å². The van der Waals surface area contributed by atoms with Crippen LogP contribution in [-0.4, -0.2) is 54.7 Å². The van der Waals surface area contributed by atoms with E-state index in [0.717, 1.165) is 6.54 Å². The van der Waals surface area contributed by atoms with E-state index >= 15 is 0 Å². The molecule has 0 saturated carbocycles. The number of nitrogens with zero attached hydrogens (tertiary/aromatic N) is 3. The Morgan fingerprint density at radius 2 is 1.79 bits per heavy atom. The summed E-state index contributed by atoms with van der Waals surface area (Å²) < 4.78 is 0. The van der Waals surface area contributed by atoms with Crippen LogP contribution >= 0.6 is 0 Å². The van der Waals surface area contributed by atoms with Crippen molar-refractivity contribution in [1.29, 1.82) is 5.26 Å². The highest BCUT2D eigenvalue weighted by molar-refractivity contribution is 5.14. The maximum absolute atomic E-state index is 10.0. The van der Waals surface area contributed by atoms with Crippen LogP contribution in [0.4, 0.5) is 0 Å². The second-order valence-corrected chi connectivity index (χ2v) is 5.01. The number of nitriles is 1. The number of hydrogen-bond acceptors (Lipinski definition) is 4. The molecule has 1 aromatic carbocycles. The van der Waals surface area contributed by atoms with Crippen molar-refractivity contribution in [2.75, 3.05) is 33.7 Å². The predicted molar refractivity (Wildman–Crippen MR) is 76.5 cm³/mol. The SMILES string of the molecule is CN(CCC#N)CC(O)CN(C)Cc1ccccc1. The molecule has 19 heavy (non-hydrogen) atoms. The topological polar surface area (TPSA) is 50.5 Å². The first-order valence-corrected chi connectivity index (χ1v) is 6.58. The first-order chi connectivity index (χ1) is 9.11. The largest absolute Gasteiger partial charge is 0.390 e. The van der Waals surface area contributed by atoms with Gasteiger partial charge in [-0.2, -0.15) is 5.26 Å². The van der Waals surface area contributed by atoms with Gasteiger partial charge in [-0.1, -0.05) is 30.3 Å². The highest BCUT2D eigenvalue weighted by Gasteiger charge is 2.11. The number of rotatable bonds is 8. The summed E-state index contributed by atoms with van der Waals surface area (Å²) in [6.45, 7) is 2.77. The molecule has 1 rings (SSSR count). The van der Waals surface area contributed by atoms with Crippen LogP contribution in [0.15, 0.2) is 30.3 Å². The highest BCUT2D eigenvalue weighted by Crippen LogP contribution is 2.03. The molecule has 1 atom stereocenters. The molecule has 0 aliphatic carbocycles. The van der Waals surface area contributed by atoms with Crippen molar-refractivity contribution in [2.24, 2.45) is 0 Å². The van der Waals surface area contributed by atoms with E-state index in [2.05, 4.69) is 23.1 Å². The summed E-state index contributed by atoms with van der Waals surface area (Å²) in [7, 11) is 3.93. The standard InChI is InChI=1S/C15H23N3O/c1-17(10-6-9-16)12-15(19)13-18(2)11-14-7-4-3-5-8-14/h3-5,7-8,15,19H,6,10-13H2,1-2H3. The van der Waals surface area contributed by atoms with E-state index in [0.29, 0.717) is 26.1 Å². The maximum atomic E-state index is 10.0. The zero-order chi connectivity index (χ0) is 14.1. The lowest BCUT2D eigenvalue weighted by Gasteiger charge is -2.24. The molecule has 1 N–H and O–H groups in total. The monoisotopic (exact) mass is 261 g/mol. The lowest BCUT2D eigenvalue weighted by Crippen LogP contribution is -2.37. The Morgan fingerprint density at radius 3 is 2.42 bits per heavy atom. The first kappa shape index (κ1) is 15.6. The van der Waals surface area contributed by atoms with Crippen LogP contribution in [0.5, 0.6) is 0 Å². The van der Waals surface area contributed by atoms with E-state index in [1.54, 1.807) is 0 Å². The average molecular weight is 261 g/mol. The Bertz CT molecular complexity index is 388. The molecular formula is C15H23N3O. The number of likely N-dealkylation sites (N-methyl/N-ethyl adjacent to an activating group) is 2. The highest BCUT2D eigenvalue weighted by atomic mass is 16.3. The van der Waals surface area contributed by atoms with E-state index in [4.69, 9.17) is 5.26 Å². The molecule has 0 bridgehead atoms. The zero-order valence-electron chi connectivity index (χ0n) is 11.8. The molecule has 0 spiro atoms. The lowest BCUT2D eigenvalue weighted by atomic mass is 10.2. The predicted octanol–water partition coefficient (Wildman–Crippen LogP) is 1.32. The van der Waals surface area contributed by atoms with Gasteiger partial charge in [0.2, 0.25) is 0 Å². The van der Waals surface area contributed by atoms with Crippen LogP contribution in [0.3, 0.4) is 0 Å². The molecule has 104 valence electrons. The normalized spacial score (nSPS) is 12.6. The van der Waals surface area contributed by atoms with Gasteiger partial charge in [-0.25, -0.2) is 0 Å². The first-order valence-electron chi connectivity index (χ1n) is 6.58. The van der Waals surface area contributed by atoms with Crippen molar-refractivity contribution in [3.63, 3.8) is 0 Å². The minimum atomic E-state index is -0.391. The van der Waals surface area contributed by atoms with Crippen molar-refractivity contribution < 1.29 is 5.11 Å². The molecule has 0 heterocycles. The fourth-order valence-corrected chi connectivity index (χ4v) is 2.07. The van der Waals surface area contributed by atoms with Gasteiger partial charge in [0, 0.05) is 32.6 Å². The Kier molecular flexibility index (Phi) is 7.12. The summed E-state index contributed by atoms with van der Waals surface area (Å²) in [5.41, 5.74) is 1.25. The van der Waals surface area contributed by atoms with Gasteiger partial charge in [-0.05, 0) is 19.7 Å². The maximum Gasteiger partial charge on any atom is 0.0793 e. The molecule has 1 unspecified atom stereocenters. The van der Waals surface area contributed by atoms with Crippen LogP contribution in [0.1, 0.15) is 12.0 Å². The summed E-state index contributed by atoms with van der Waals surface area (Å²) in [5, 5.41) is 18.5. The summed E-state index contributed by atoms with van der Waals surface area (Å²) >= 11 is 0. The van der Waals surface area contributed by atoms with E-state index in [-0.39, 0.29) is 0 Å². The molecule has 4 heteroatoms. The Balaban J connectivity index is 2.28. The Morgan fingerprint density at radius 1 is 1.16 bits per heavy atom. The summed E-state index contributed by atoms with van der Waals surface area (Å²) in [6, 6.07) is 12.3. The van der Waals surface area contributed by atoms with Crippen LogP contribution < -0.4 is 0 Å². The average Bonchev–Trinajstić information content (AvgIpc) is 2.37. The molecule has 0 aliphatic heterocycles. The molecule has 0 amide bonds. The number of benzene rings is 1. The number of hydrogen-bond donors (Lipinski definition) is 1. The van der Waals surface area contributed by atoms with Crippen molar-refractivity contribution in [1.82, 2.24) is 9.80 Å². The minimum Gasteiger partial charge on any atom is -0.390 e. The van der Waals surface area contributed by atoms with Crippen LogP contribution in [-0.2, 0) is 6.54 Å². The van der Waals surface area contributed by atoms with Crippen molar-refractivity contribution in [2.45, 2.75) is 19.1 Å².